The number of nitrogens with one attached hydrogen (secondary N) is 2. The third kappa shape index (κ3) is 7.30. The van der Waals surface area contributed by atoms with Gasteiger partial charge in [0.15, 0.2) is 28.2 Å². The molecule has 1 aromatic carbocycles. The summed E-state index contributed by atoms with van der Waals surface area (Å²) in [5, 5.41) is 7.72. The number of hydrogen-bond donors (Lipinski definition) is 2. The van der Waals surface area contributed by atoms with Crippen LogP contribution in [0.5, 0.6) is 23.1 Å². The van der Waals surface area contributed by atoms with Crippen molar-refractivity contribution in [1.29, 1.82) is 5.41 Å². The second-order valence-corrected chi connectivity index (χ2v) is 10.3. The van der Waals surface area contributed by atoms with Crippen LogP contribution >= 0.6 is 0 Å². The molecule has 12 nitrogen and oxygen atoms in total. The standard InChI is InChI=1S/C27H28N6O6S.Na.H/c1-16(2)18-10-11-22(30-15-18)40(34,35)33-26-23(39-21-9-7-6-8-20(21)36-3)27(38-5)32-25(31-26)17-12-13-29-19(14-17)24(28)37-4;;/h6-16,28H,1-5H3,(H,31,32,33);;/q;+1;-1. The van der Waals surface area contributed by atoms with E-state index >= 15 is 0 Å². The molecular weight excluding hydrogens is 559 g/mol. The second-order valence-electron chi connectivity index (χ2n) is 8.64. The zero-order valence-corrected chi connectivity index (χ0v) is 26.3. The fourth-order valence-electron chi connectivity index (χ4n) is 3.54. The number of anilines is 1. The molecule has 210 valence electrons. The normalized spacial score (nSPS) is 10.9. The zero-order valence-electron chi connectivity index (χ0n) is 24.5. The van der Waals surface area contributed by atoms with E-state index in [1.807, 2.05) is 13.8 Å². The van der Waals surface area contributed by atoms with Crippen LogP contribution in [0.15, 0.2) is 66.0 Å². The van der Waals surface area contributed by atoms with Crippen molar-refractivity contribution in [3.8, 4) is 34.5 Å². The molecule has 0 aliphatic carbocycles. The third-order valence-electron chi connectivity index (χ3n) is 5.70. The maximum absolute atomic E-state index is 13.4. The van der Waals surface area contributed by atoms with Crippen LogP contribution in [0.4, 0.5) is 5.82 Å². The van der Waals surface area contributed by atoms with E-state index in [1.54, 1.807) is 36.4 Å². The average molecular weight is 589 g/mol. The van der Waals surface area contributed by atoms with Gasteiger partial charge in [-0.2, -0.15) is 13.4 Å². The SMILES string of the molecule is COC(=N)c1cc(-c2nc(NS(=O)(=O)c3ccc(C(C)C)cn3)c(Oc3ccccc3OC)c(OC)n2)ccn1.[H-].[Na+]. The molecule has 4 rings (SSSR count). The maximum atomic E-state index is 13.4. The number of aromatic nitrogens is 4. The first-order valence-electron chi connectivity index (χ1n) is 12.0. The van der Waals surface area contributed by atoms with Gasteiger partial charge in [0.1, 0.15) is 5.69 Å². The summed E-state index contributed by atoms with van der Waals surface area (Å²) in [5.41, 5.74) is 1.54. The minimum Gasteiger partial charge on any atom is -1.00 e. The fraction of sp³-hybridized carbons (Fsp3) is 0.222. The number of para-hydroxylation sites is 2. The van der Waals surface area contributed by atoms with Gasteiger partial charge in [0.05, 0.1) is 21.3 Å². The van der Waals surface area contributed by atoms with Crippen molar-refractivity contribution in [1.82, 2.24) is 19.9 Å². The van der Waals surface area contributed by atoms with Crippen molar-refractivity contribution in [3.05, 3.63) is 72.2 Å². The van der Waals surface area contributed by atoms with E-state index < -0.39 is 10.0 Å². The first-order valence-corrected chi connectivity index (χ1v) is 13.5. The van der Waals surface area contributed by atoms with Gasteiger partial charge in [-0.1, -0.05) is 32.0 Å². The summed E-state index contributed by atoms with van der Waals surface area (Å²) in [4.78, 5) is 17.2. The van der Waals surface area contributed by atoms with E-state index in [9.17, 15) is 8.42 Å². The summed E-state index contributed by atoms with van der Waals surface area (Å²) < 4.78 is 51.2. The van der Waals surface area contributed by atoms with Gasteiger partial charge in [-0.3, -0.25) is 15.1 Å². The first-order chi connectivity index (χ1) is 19.2. The smallest absolute Gasteiger partial charge is 1.00 e. The topological polar surface area (TPSA) is 158 Å². The molecule has 0 atom stereocenters. The third-order valence-corrected chi connectivity index (χ3v) is 6.95. The number of ether oxygens (including phenoxy) is 4. The Hall–Kier alpha value is -3.78. The minimum atomic E-state index is -4.22. The van der Waals surface area contributed by atoms with Crippen molar-refractivity contribution in [2.24, 2.45) is 0 Å². The Morgan fingerprint density at radius 3 is 2.32 bits per heavy atom. The van der Waals surface area contributed by atoms with Crippen molar-refractivity contribution < 1.29 is 58.3 Å². The van der Waals surface area contributed by atoms with Crippen LogP contribution in [0.1, 0.15) is 32.4 Å². The molecule has 0 saturated heterocycles. The molecule has 0 spiro atoms. The Morgan fingerprint density at radius 2 is 1.71 bits per heavy atom. The van der Waals surface area contributed by atoms with Crippen molar-refractivity contribution in [2.75, 3.05) is 26.1 Å². The molecule has 0 fully saturated rings. The van der Waals surface area contributed by atoms with Crippen molar-refractivity contribution in [2.45, 2.75) is 24.8 Å². The summed E-state index contributed by atoms with van der Waals surface area (Å²) in [6.07, 6.45) is 2.97. The van der Waals surface area contributed by atoms with E-state index in [2.05, 4.69) is 24.7 Å². The Kier molecular flexibility index (Phi) is 10.6. The predicted octanol–water partition coefficient (Wildman–Crippen LogP) is 1.76. The molecule has 14 heteroatoms. The Balaban J connectivity index is 0.00000308. The van der Waals surface area contributed by atoms with Gasteiger partial charge in [-0.05, 0) is 41.8 Å². The molecule has 0 radical (unpaired) electrons. The van der Waals surface area contributed by atoms with Crippen LogP contribution in [-0.2, 0) is 14.8 Å². The Bertz CT molecular complexity index is 1640. The van der Waals surface area contributed by atoms with E-state index in [0.29, 0.717) is 11.3 Å². The Labute approximate surface area is 261 Å². The van der Waals surface area contributed by atoms with Crippen LogP contribution in [0, 0.1) is 5.41 Å². The summed E-state index contributed by atoms with van der Waals surface area (Å²) in [6.45, 7) is 3.97. The molecule has 0 amide bonds. The zero-order chi connectivity index (χ0) is 28.9. The van der Waals surface area contributed by atoms with Gasteiger partial charge in [0.2, 0.25) is 11.6 Å². The average Bonchev–Trinajstić information content (AvgIpc) is 2.97. The summed E-state index contributed by atoms with van der Waals surface area (Å²) in [6, 6.07) is 13.1. The fourth-order valence-corrected chi connectivity index (χ4v) is 4.48. The number of pyridine rings is 2. The molecule has 41 heavy (non-hydrogen) atoms. The molecule has 2 N–H and O–H groups in total. The van der Waals surface area contributed by atoms with E-state index in [4.69, 9.17) is 24.4 Å². The molecule has 0 bridgehead atoms. The van der Waals surface area contributed by atoms with Gasteiger partial charge in [-0.15, -0.1) is 0 Å². The molecular formula is C27H29N6NaO6S. The van der Waals surface area contributed by atoms with E-state index in [0.717, 1.165) is 5.56 Å². The van der Waals surface area contributed by atoms with E-state index in [1.165, 1.54) is 45.9 Å². The summed E-state index contributed by atoms with van der Waals surface area (Å²) >= 11 is 0. The number of benzene rings is 1. The number of sulfonamides is 1. The van der Waals surface area contributed by atoms with Gasteiger partial charge in [0.25, 0.3) is 15.9 Å². The summed E-state index contributed by atoms with van der Waals surface area (Å²) in [7, 11) is -0.0192. The van der Waals surface area contributed by atoms with Gasteiger partial charge >= 0.3 is 29.6 Å². The quantitative estimate of drug-likeness (QED) is 0.159. The predicted molar refractivity (Wildman–Crippen MR) is 149 cm³/mol. The molecule has 0 unspecified atom stereocenters. The number of methoxy groups -OCH3 is 3. The monoisotopic (exact) mass is 588 g/mol. The van der Waals surface area contributed by atoms with E-state index in [-0.39, 0.29) is 82.5 Å². The van der Waals surface area contributed by atoms with Gasteiger partial charge in [0, 0.05) is 18.0 Å². The van der Waals surface area contributed by atoms with Crippen molar-refractivity contribution in [3.63, 3.8) is 0 Å². The molecule has 0 aliphatic heterocycles. The van der Waals surface area contributed by atoms with Gasteiger partial charge in [-0.25, -0.2) is 9.97 Å². The molecule has 4 aromatic rings. The molecule has 3 heterocycles. The molecule has 3 aromatic heterocycles. The maximum Gasteiger partial charge on any atom is 1.00 e. The number of hydrogen-bond acceptors (Lipinski definition) is 11. The largest absolute Gasteiger partial charge is 1.00 e. The minimum absolute atomic E-state index is 0. The number of rotatable bonds is 10. The van der Waals surface area contributed by atoms with Crippen LogP contribution in [0.2, 0.25) is 0 Å². The molecule has 0 aliphatic rings. The van der Waals surface area contributed by atoms with Crippen LogP contribution < -0.4 is 48.5 Å². The first kappa shape index (κ1) is 31.7. The van der Waals surface area contributed by atoms with Crippen LogP contribution in [0.3, 0.4) is 0 Å². The van der Waals surface area contributed by atoms with Crippen LogP contribution in [-0.4, -0.2) is 55.6 Å². The Morgan fingerprint density at radius 1 is 0.976 bits per heavy atom. The summed E-state index contributed by atoms with van der Waals surface area (Å²) in [5.74, 6) is 0.400. The number of nitrogens with zero attached hydrogens (tertiary/aromatic N) is 4. The second kappa shape index (κ2) is 13.7. The van der Waals surface area contributed by atoms with Gasteiger partial charge < -0.3 is 20.4 Å². The van der Waals surface area contributed by atoms with Crippen LogP contribution in [0.25, 0.3) is 11.4 Å². The molecule has 0 saturated carbocycles. The van der Waals surface area contributed by atoms with Crippen molar-refractivity contribution >= 4 is 21.7 Å².